The molecule has 0 saturated carbocycles. The number of hydrogen-bond acceptors (Lipinski definition) is 5. The first-order valence-corrected chi connectivity index (χ1v) is 6.15. The van der Waals surface area contributed by atoms with Crippen LogP contribution >= 0.6 is 0 Å². The lowest BCUT2D eigenvalue weighted by Crippen LogP contribution is -2.21. The van der Waals surface area contributed by atoms with E-state index in [-0.39, 0.29) is 18.5 Å². The normalized spacial score (nSPS) is 11.2. The Labute approximate surface area is 108 Å². The Bertz CT molecular complexity index is 381. The predicted molar refractivity (Wildman–Crippen MR) is 69.4 cm³/mol. The van der Waals surface area contributed by atoms with E-state index in [0.29, 0.717) is 36.5 Å². The zero-order valence-corrected chi connectivity index (χ0v) is 11.2. The molecule has 1 aromatic heterocycles. The van der Waals surface area contributed by atoms with Crippen LogP contribution in [0.25, 0.3) is 0 Å². The summed E-state index contributed by atoms with van der Waals surface area (Å²) in [6, 6.07) is 0. The van der Waals surface area contributed by atoms with Crippen molar-refractivity contribution < 1.29 is 14.9 Å². The highest BCUT2D eigenvalue weighted by molar-refractivity contribution is 5.40. The summed E-state index contributed by atoms with van der Waals surface area (Å²) in [6.07, 6.45) is 1.81. The summed E-state index contributed by atoms with van der Waals surface area (Å²) in [5.41, 5.74) is 1.92. The van der Waals surface area contributed by atoms with Crippen LogP contribution in [0.3, 0.4) is 0 Å². The van der Waals surface area contributed by atoms with E-state index in [9.17, 15) is 10.2 Å². The van der Waals surface area contributed by atoms with Gasteiger partial charge in [-0.2, -0.15) is 0 Å². The van der Waals surface area contributed by atoms with Gasteiger partial charge in [-0.3, -0.25) is 4.98 Å². The molecule has 5 heteroatoms. The molecule has 0 aliphatic heterocycles. The van der Waals surface area contributed by atoms with Crippen LogP contribution in [-0.4, -0.2) is 34.5 Å². The molecule has 0 spiro atoms. The van der Waals surface area contributed by atoms with Gasteiger partial charge >= 0.3 is 0 Å². The van der Waals surface area contributed by atoms with Crippen LogP contribution in [0, 0.1) is 6.92 Å². The van der Waals surface area contributed by atoms with Crippen molar-refractivity contribution in [3.8, 4) is 5.75 Å². The van der Waals surface area contributed by atoms with E-state index in [1.165, 1.54) is 0 Å². The second kappa shape index (κ2) is 7.31. The van der Waals surface area contributed by atoms with Gasteiger partial charge in [0.05, 0.1) is 25.0 Å². The van der Waals surface area contributed by atoms with E-state index in [1.807, 2.05) is 13.8 Å². The molecule has 0 aromatic carbocycles. The Morgan fingerprint density at radius 3 is 2.78 bits per heavy atom. The molecule has 18 heavy (non-hydrogen) atoms. The Kier molecular flexibility index (Phi) is 6.04. The quantitative estimate of drug-likeness (QED) is 0.635. The van der Waals surface area contributed by atoms with E-state index < -0.39 is 0 Å². The Balaban J connectivity index is 2.53. The molecule has 3 N–H and O–H groups in total. The van der Waals surface area contributed by atoms with Crippen molar-refractivity contribution in [1.82, 2.24) is 10.3 Å². The van der Waals surface area contributed by atoms with Gasteiger partial charge in [0.2, 0.25) is 0 Å². The van der Waals surface area contributed by atoms with Gasteiger partial charge in [-0.05, 0) is 20.8 Å². The molecule has 5 nitrogen and oxygen atoms in total. The number of aliphatic hydroxyl groups excluding tert-OH is 1. The Hall–Kier alpha value is -1.17. The van der Waals surface area contributed by atoms with E-state index in [1.54, 1.807) is 13.1 Å². The lowest BCUT2D eigenvalue weighted by atomic mass is 10.1. The summed E-state index contributed by atoms with van der Waals surface area (Å²) in [4.78, 5) is 4.02. The van der Waals surface area contributed by atoms with Gasteiger partial charge in [-0.15, -0.1) is 0 Å². The molecule has 0 saturated heterocycles. The smallest absolute Gasteiger partial charge is 0.141 e. The van der Waals surface area contributed by atoms with E-state index in [0.717, 1.165) is 0 Å². The summed E-state index contributed by atoms with van der Waals surface area (Å²) in [7, 11) is 0. The molecule has 0 aliphatic carbocycles. The lowest BCUT2D eigenvalue weighted by Gasteiger charge is -2.13. The van der Waals surface area contributed by atoms with E-state index in [4.69, 9.17) is 4.74 Å². The van der Waals surface area contributed by atoms with Crippen LogP contribution in [0.1, 0.15) is 30.7 Å². The van der Waals surface area contributed by atoms with Crippen LogP contribution in [0.5, 0.6) is 5.75 Å². The van der Waals surface area contributed by atoms with Crippen molar-refractivity contribution in [1.29, 1.82) is 0 Å². The lowest BCUT2D eigenvalue weighted by molar-refractivity contribution is 0.0806. The summed E-state index contributed by atoms with van der Waals surface area (Å²) in [5.74, 6) is 0.152. The minimum absolute atomic E-state index is 0.125. The van der Waals surface area contributed by atoms with E-state index >= 15 is 0 Å². The van der Waals surface area contributed by atoms with Gasteiger partial charge in [0.25, 0.3) is 0 Å². The number of aromatic nitrogens is 1. The van der Waals surface area contributed by atoms with Crippen LogP contribution in [0.15, 0.2) is 6.20 Å². The average Bonchev–Trinajstić information content (AvgIpc) is 2.33. The summed E-state index contributed by atoms with van der Waals surface area (Å²) >= 11 is 0. The van der Waals surface area contributed by atoms with Gasteiger partial charge in [0.1, 0.15) is 5.75 Å². The molecule has 0 aliphatic rings. The summed E-state index contributed by atoms with van der Waals surface area (Å²) in [5, 5.41) is 22.3. The molecule has 1 heterocycles. The van der Waals surface area contributed by atoms with Crippen molar-refractivity contribution in [2.45, 2.75) is 40.0 Å². The molecular formula is C13H22N2O3. The topological polar surface area (TPSA) is 74.6 Å². The van der Waals surface area contributed by atoms with Crippen LogP contribution in [0.4, 0.5) is 0 Å². The third kappa shape index (κ3) is 4.25. The van der Waals surface area contributed by atoms with Gasteiger partial charge in [0, 0.05) is 30.4 Å². The standard InChI is InChI=1S/C13H22N2O3/c1-9(2)18-5-4-14-7-12-11(8-16)6-15-10(3)13(12)17/h6,9,14,16-17H,4-5,7-8H2,1-3H3. The number of ether oxygens (including phenoxy) is 1. The number of aromatic hydroxyl groups is 1. The second-order valence-electron chi connectivity index (χ2n) is 4.45. The van der Waals surface area contributed by atoms with Crippen molar-refractivity contribution in [2.75, 3.05) is 13.2 Å². The highest BCUT2D eigenvalue weighted by atomic mass is 16.5. The number of aryl methyl sites for hydroxylation is 1. The fraction of sp³-hybridized carbons (Fsp3) is 0.615. The van der Waals surface area contributed by atoms with Crippen molar-refractivity contribution >= 4 is 0 Å². The van der Waals surface area contributed by atoms with Gasteiger partial charge in [0.15, 0.2) is 0 Å². The number of rotatable bonds is 7. The minimum atomic E-state index is -0.125. The van der Waals surface area contributed by atoms with Gasteiger partial charge in [-0.25, -0.2) is 0 Å². The molecule has 0 radical (unpaired) electrons. The maximum Gasteiger partial charge on any atom is 0.141 e. The predicted octanol–water partition coefficient (Wildman–Crippen LogP) is 1.10. The molecule has 0 amide bonds. The zero-order chi connectivity index (χ0) is 13.5. The fourth-order valence-corrected chi connectivity index (χ4v) is 1.60. The number of pyridine rings is 1. The summed E-state index contributed by atoms with van der Waals surface area (Å²) in [6.45, 7) is 7.40. The molecule has 0 bridgehead atoms. The SMILES string of the molecule is Cc1ncc(CO)c(CNCCOC(C)C)c1O. The van der Waals surface area contributed by atoms with Gasteiger partial charge in [-0.1, -0.05) is 0 Å². The molecule has 0 fully saturated rings. The van der Waals surface area contributed by atoms with Crippen molar-refractivity contribution in [3.63, 3.8) is 0 Å². The summed E-state index contributed by atoms with van der Waals surface area (Å²) < 4.78 is 5.40. The average molecular weight is 254 g/mol. The first-order valence-electron chi connectivity index (χ1n) is 6.15. The minimum Gasteiger partial charge on any atom is -0.506 e. The van der Waals surface area contributed by atoms with Crippen LogP contribution < -0.4 is 5.32 Å². The highest BCUT2D eigenvalue weighted by Crippen LogP contribution is 2.23. The second-order valence-corrected chi connectivity index (χ2v) is 4.45. The fourth-order valence-electron chi connectivity index (χ4n) is 1.60. The molecule has 1 aromatic rings. The first-order chi connectivity index (χ1) is 8.56. The third-order valence-electron chi connectivity index (χ3n) is 2.63. The van der Waals surface area contributed by atoms with Crippen molar-refractivity contribution in [3.05, 3.63) is 23.0 Å². The number of hydrogen-bond donors (Lipinski definition) is 3. The first kappa shape index (κ1) is 14.9. The number of aliphatic hydroxyl groups is 1. The Morgan fingerprint density at radius 2 is 2.17 bits per heavy atom. The molecule has 0 atom stereocenters. The van der Waals surface area contributed by atoms with Gasteiger partial charge < -0.3 is 20.3 Å². The van der Waals surface area contributed by atoms with Crippen LogP contribution in [0.2, 0.25) is 0 Å². The van der Waals surface area contributed by atoms with E-state index in [2.05, 4.69) is 10.3 Å². The highest BCUT2D eigenvalue weighted by Gasteiger charge is 2.10. The molecule has 1 rings (SSSR count). The third-order valence-corrected chi connectivity index (χ3v) is 2.63. The molecular weight excluding hydrogens is 232 g/mol. The molecule has 0 unspecified atom stereocenters. The maximum absolute atomic E-state index is 9.91. The number of nitrogens with one attached hydrogen (secondary N) is 1. The number of nitrogens with zero attached hydrogens (tertiary/aromatic N) is 1. The Morgan fingerprint density at radius 1 is 1.44 bits per heavy atom. The largest absolute Gasteiger partial charge is 0.506 e. The molecule has 102 valence electrons. The maximum atomic E-state index is 9.91. The zero-order valence-electron chi connectivity index (χ0n) is 11.2. The monoisotopic (exact) mass is 254 g/mol. The van der Waals surface area contributed by atoms with Crippen LogP contribution in [-0.2, 0) is 17.9 Å². The van der Waals surface area contributed by atoms with Crippen molar-refractivity contribution in [2.24, 2.45) is 0 Å².